The maximum absolute atomic E-state index is 10.4. The number of hydrogen-bond acceptors (Lipinski definition) is 3. The molecule has 1 atom stereocenters. The summed E-state index contributed by atoms with van der Waals surface area (Å²) in [5.41, 5.74) is 0.994. The summed E-state index contributed by atoms with van der Waals surface area (Å²) in [4.78, 5) is 5.07. The number of rotatable bonds is 7. The highest BCUT2D eigenvalue weighted by Crippen LogP contribution is 2.20. The Morgan fingerprint density at radius 1 is 1.05 bits per heavy atom. The van der Waals surface area contributed by atoms with Gasteiger partial charge >= 0.3 is 0 Å². The molecular weight excluding hydrogens is 278 g/mol. The van der Waals surface area contributed by atoms with Crippen LogP contribution in [0.25, 0.3) is 0 Å². The summed E-state index contributed by atoms with van der Waals surface area (Å²) in [7, 11) is 0. The van der Waals surface area contributed by atoms with Crippen LogP contribution < -0.4 is 0 Å². The van der Waals surface area contributed by atoms with Crippen LogP contribution >= 0.6 is 11.3 Å². The molecule has 1 aromatic carbocycles. The highest BCUT2D eigenvalue weighted by atomic mass is 32.1. The van der Waals surface area contributed by atoms with Gasteiger partial charge in [-0.15, -0.1) is 11.3 Å². The summed E-state index contributed by atoms with van der Waals surface area (Å²) < 4.78 is 0. The third kappa shape index (κ3) is 5.27. The van der Waals surface area contributed by atoms with Gasteiger partial charge in [0, 0.05) is 29.4 Å². The van der Waals surface area contributed by atoms with Crippen molar-refractivity contribution in [2.45, 2.75) is 33.4 Å². The van der Waals surface area contributed by atoms with Crippen molar-refractivity contribution in [1.82, 2.24) is 4.90 Å². The molecule has 0 saturated carbocycles. The van der Waals surface area contributed by atoms with Crippen molar-refractivity contribution < 1.29 is 5.11 Å². The third-order valence-electron chi connectivity index (χ3n) is 3.41. The van der Waals surface area contributed by atoms with Crippen molar-refractivity contribution >= 4 is 11.3 Å². The van der Waals surface area contributed by atoms with E-state index in [4.69, 9.17) is 0 Å². The number of nitrogens with zero attached hydrogens (tertiary/aromatic N) is 1. The predicted octanol–water partition coefficient (Wildman–Crippen LogP) is 4.25. The zero-order valence-corrected chi connectivity index (χ0v) is 13.9. The molecule has 0 saturated heterocycles. The number of aryl methyl sites for hydroxylation is 1. The van der Waals surface area contributed by atoms with Crippen molar-refractivity contribution in [3.05, 3.63) is 57.8 Å². The number of aliphatic hydroxyl groups is 1. The monoisotopic (exact) mass is 303 g/mol. The van der Waals surface area contributed by atoms with Gasteiger partial charge in [-0.05, 0) is 30.5 Å². The lowest BCUT2D eigenvalue weighted by Gasteiger charge is -2.26. The molecule has 0 aliphatic heterocycles. The summed E-state index contributed by atoms with van der Waals surface area (Å²) in [5.74, 6) is 0.592. The Hall–Kier alpha value is -1.16. The fourth-order valence-electron chi connectivity index (χ4n) is 2.54. The maximum Gasteiger partial charge on any atom is 0.0917 e. The van der Waals surface area contributed by atoms with Gasteiger partial charge in [-0.1, -0.05) is 44.2 Å². The van der Waals surface area contributed by atoms with Crippen LogP contribution in [0.1, 0.15) is 35.3 Å². The van der Waals surface area contributed by atoms with Gasteiger partial charge in [-0.2, -0.15) is 0 Å². The van der Waals surface area contributed by atoms with Gasteiger partial charge in [0.15, 0.2) is 0 Å². The number of thiophene rings is 1. The van der Waals surface area contributed by atoms with Gasteiger partial charge in [0.05, 0.1) is 6.10 Å². The average molecular weight is 303 g/mol. The van der Waals surface area contributed by atoms with Crippen LogP contribution in [0.2, 0.25) is 0 Å². The standard InChI is InChI=1S/C18H25NOS/c1-14(2)11-19(12-17-10-9-15(3)21-17)13-18(20)16-7-5-4-6-8-16/h4-10,14,18,20H,11-13H2,1-3H3. The Morgan fingerprint density at radius 3 is 2.33 bits per heavy atom. The molecule has 0 aliphatic rings. The zero-order chi connectivity index (χ0) is 15.2. The van der Waals surface area contributed by atoms with Gasteiger partial charge in [0.1, 0.15) is 0 Å². The first-order valence-corrected chi connectivity index (χ1v) is 8.37. The smallest absolute Gasteiger partial charge is 0.0917 e. The van der Waals surface area contributed by atoms with Crippen LogP contribution in [-0.4, -0.2) is 23.1 Å². The average Bonchev–Trinajstić information content (AvgIpc) is 2.84. The summed E-state index contributed by atoms with van der Waals surface area (Å²) in [6, 6.07) is 14.3. The van der Waals surface area contributed by atoms with Crippen LogP contribution in [0, 0.1) is 12.8 Å². The van der Waals surface area contributed by atoms with Crippen LogP contribution in [0.4, 0.5) is 0 Å². The molecule has 0 fully saturated rings. The molecule has 114 valence electrons. The fraction of sp³-hybridized carbons (Fsp3) is 0.444. The second kappa shape index (κ2) is 7.74. The van der Waals surface area contributed by atoms with Gasteiger partial charge in [0.2, 0.25) is 0 Å². The molecule has 1 heterocycles. The Bertz CT molecular complexity index is 535. The highest BCUT2D eigenvalue weighted by molar-refractivity contribution is 7.11. The molecule has 3 heteroatoms. The van der Waals surface area contributed by atoms with Crippen LogP contribution in [0.3, 0.4) is 0 Å². The normalized spacial score (nSPS) is 13.0. The van der Waals surface area contributed by atoms with Crippen molar-refractivity contribution in [1.29, 1.82) is 0 Å². The summed E-state index contributed by atoms with van der Waals surface area (Å²) in [6.45, 7) is 9.18. The third-order valence-corrected chi connectivity index (χ3v) is 4.40. The molecule has 0 amide bonds. The van der Waals surface area contributed by atoms with E-state index < -0.39 is 6.10 Å². The molecule has 1 N–H and O–H groups in total. The summed E-state index contributed by atoms with van der Waals surface area (Å²) >= 11 is 1.84. The van der Waals surface area contributed by atoms with E-state index in [-0.39, 0.29) is 0 Å². The van der Waals surface area contributed by atoms with E-state index in [0.717, 1.165) is 18.7 Å². The topological polar surface area (TPSA) is 23.5 Å². The van der Waals surface area contributed by atoms with E-state index in [2.05, 4.69) is 37.8 Å². The molecule has 0 spiro atoms. The molecule has 0 bridgehead atoms. The Kier molecular flexibility index (Phi) is 5.97. The summed E-state index contributed by atoms with van der Waals surface area (Å²) in [5, 5.41) is 10.4. The number of hydrogen-bond donors (Lipinski definition) is 1. The molecule has 0 aliphatic carbocycles. The Morgan fingerprint density at radius 2 is 1.76 bits per heavy atom. The van der Waals surface area contributed by atoms with E-state index in [0.29, 0.717) is 12.5 Å². The van der Waals surface area contributed by atoms with E-state index in [1.54, 1.807) is 0 Å². The second-order valence-corrected chi connectivity index (χ2v) is 7.40. The minimum Gasteiger partial charge on any atom is -0.387 e. The van der Waals surface area contributed by atoms with Gasteiger partial charge < -0.3 is 5.11 Å². The fourth-order valence-corrected chi connectivity index (χ4v) is 3.47. The van der Waals surface area contributed by atoms with Crippen LogP contribution in [-0.2, 0) is 6.54 Å². The molecule has 2 rings (SSSR count). The minimum absolute atomic E-state index is 0.425. The van der Waals surface area contributed by atoms with Crippen LogP contribution in [0.5, 0.6) is 0 Å². The summed E-state index contributed by atoms with van der Waals surface area (Å²) in [6.07, 6.45) is -0.425. The predicted molar refractivity (Wildman–Crippen MR) is 90.6 cm³/mol. The van der Waals surface area contributed by atoms with Crippen LogP contribution in [0.15, 0.2) is 42.5 Å². The Labute approximate surface area is 132 Å². The quantitative estimate of drug-likeness (QED) is 0.826. The lowest BCUT2D eigenvalue weighted by Crippen LogP contribution is -2.31. The van der Waals surface area contributed by atoms with Crippen molar-refractivity contribution in [3.63, 3.8) is 0 Å². The van der Waals surface area contributed by atoms with E-state index in [1.807, 2.05) is 41.7 Å². The van der Waals surface area contributed by atoms with Gasteiger partial charge in [0.25, 0.3) is 0 Å². The first kappa shape index (κ1) is 16.2. The lowest BCUT2D eigenvalue weighted by molar-refractivity contribution is 0.102. The van der Waals surface area contributed by atoms with Crippen molar-refractivity contribution in [3.8, 4) is 0 Å². The molecule has 2 nitrogen and oxygen atoms in total. The SMILES string of the molecule is Cc1ccc(CN(CC(C)C)CC(O)c2ccccc2)s1. The largest absolute Gasteiger partial charge is 0.387 e. The molecule has 1 unspecified atom stereocenters. The van der Waals surface area contributed by atoms with E-state index in [9.17, 15) is 5.11 Å². The maximum atomic E-state index is 10.4. The minimum atomic E-state index is -0.425. The number of aliphatic hydroxyl groups excluding tert-OH is 1. The molecular formula is C18H25NOS. The van der Waals surface area contributed by atoms with Gasteiger partial charge in [-0.3, -0.25) is 4.90 Å². The molecule has 21 heavy (non-hydrogen) atoms. The van der Waals surface area contributed by atoms with Gasteiger partial charge in [-0.25, -0.2) is 0 Å². The lowest BCUT2D eigenvalue weighted by atomic mass is 10.1. The van der Waals surface area contributed by atoms with E-state index >= 15 is 0 Å². The van der Waals surface area contributed by atoms with Crippen molar-refractivity contribution in [2.75, 3.05) is 13.1 Å². The first-order chi connectivity index (χ1) is 10.0. The number of benzene rings is 1. The molecule has 1 aromatic heterocycles. The molecule has 0 radical (unpaired) electrons. The molecule has 2 aromatic rings. The zero-order valence-electron chi connectivity index (χ0n) is 13.1. The van der Waals surface area contributed by atoms with Crippen molar-refractivity contribution in [2.24, 2.45) is 5.92 Å². The first-order valence-electron chi connectivity index (χ1n) is 7.55. The van der Waals surface area contributed by atoms with E-state index in [1.165, 1.54) is 9.75 Å². The Balaban J connectivity index is 2.02. The second-order valence-electron chi connectivity index (χ2n) is 6.03. The highest BCUT2D eigenvalue weighted by Gasteiger charge is 2.15.